The highest BCUT2D eigenvalue weighted by Crippen LogP contribution is 2.33. The van der Waals surface area contributed by atoms with E-state index in [1.165, 1.54) is 29.8 Å². The number of nitrogens with zero attached hydrogens (tertiary/aromatic N) is 2. The Kier molecular flexibility index (Phi) is 5.13. The lowest BCUT2D eigenvalue weighted by Crippen LogP contribution is -2.16. The second kappa shape index (κ2) is 7.01. The Bertz CT molecular complexity index is 925. The number of thiophene rings is 1. The molecule has 0 saturated heterocycles. The molecule has 2 atom stereocenters. The first-order chi connectivity index (χ1) is 11.8. The van der Waals surface area contributed by atoms with Crippen molar-refractivity contribution in [2.24, 2.45) is 0 Å². The minimum Gasteiger partial charge on any atom is -0.245 e. The van der Waals surface area contributed by atoms with E-state index < -0.39 is 16.3 Å². The number of rotatable bonds is 4. The van der Waals surface area contributed by atoms with E-state index in [-0.39, 0.29) is 10.8 Å². The third kappa shape index (κ3) is 3.86. The fraction of sp³-hybridized carbons (Fsp3) is 0.250. The summed E-state index contributed by atoms with van der Waals surface area (Å²) < 4.78 is 48.9. The van der Waals surface area contributed by atoms with Gasteiger partial charge in [-0.05, 0) is 30.0 Å². The zero-order chi connectivity index (χ0) is 18.2. The standard InChI is InChI=1S/C16H12ClF3N2OS2/c1-9(6-13-14-12(17)7-24-15(14)22-8-21-13)10-2-4-11(5-3-10)25(23)16(18,19)20/h2-5,7-9H,6H2,1H3. The van der Waals surface area contributed by atoms with Gasteiger partial charge in [-0.15, -0.1) is 11.3 Å². The predicted molar refractivity (Wildman–Crippen MR) is 93.4 cm³/mol. The molecule has 0 aliphatic rings. The van der Waals surface area contributed by atoms with Crippen molar-refractivity contribution in [1.29, 1.82) is 0 Å². The van der Waals surface area contributed by atoms with E-state index in [1.807, 2.05) is 6.92 Å². The number of benzene rings is 1. The summed E-state index contributed by atoms with van der Waals surface area (Å²) in [6.07, 6.45) is 2.05. The smallest absolute Gasteiger partial charge is 0.245 e. The molecule has 0 aliphatic heterocycles. The van der Waals surface area contributed by atoms with Crippen LogP contribution in [0.15, 0.2) is 40.9 Å². The number of hydrogen-bond donors (Lipinski definition) is 0. The van der Waals surface area contributed by atoms with Gasteiger partial charge in [-0.25, -0.2) is 14.2 Å². The molecule has 2 aromatic heterocycles. The van der Waals surface area contributed by atoms with Crippen LogP contribution in [0.1, 0.15) is 24.1 Å². The Morgan fingerprint density at radius 3 is 2.56 bits per heavy atom. The van der Waals surface area contributed by atoms with Gasteiger partial charge in [0.15, 0.2) is 10.8 Å². The highest BCUT2D eigenvalue weighted by Gasteiger charge is 2.37. The topological polar surface area (TPSA) is 42.9 Å². The lowest BCUT2D eigenvalue weighted by atomic mass is 9.95. The largest absolute Gasteiger partial charge is 0.475 e. The molecule has 2 unspecified atom stereocenters. The number of hydrogen-bond acceptors (Lipinski definition) is 4. The third-order valence-corrected chi connectivity index (χ3v) is 6.21. The highest BCUT2D eigenvalue weighted by molar-refractivity contribution is 7.86. The fourth-order valence-electron chi connectivity index (χ4n) is 2.52. The van der Waals surface area contributed by atoms with E-state index >= 15 is 0 Å². The van der Waals surface area contributed by atoms with Gasteiger partial charge in [-0.3, -0.25) is 0 Å². The van der Waals surface area contributed by atoms with Gasteiger partial charge in [0.1, 0.15) is 11.2 Å². The summed E-state index contributed by atoms with van der Waals surface area (Å²) in [6, 6.07) is 5.64. The van der Waals surface area contributed by atoms with Gasteiger partial charge in [0.2, 0.25) is 0 Å². The van der Waals surface area contributed by atoms with Crippen LogP contribution in [-0.4, -0.2) is 19.7 Å². The van der Waals surface area contributed by atoms with Crippen molar-refractivity contribution >= 4 is 44.0 Å². The van der Waals surface area contributed by atoms with Crippen LogP contribution in [-0.2, 0) is 17.2 Å². The minimum atomic E-state index is -4.75. The van der Waals surface area contributed by atoms with E-state index in [1.54, 1.807) is 17.5 Å². The lowest BCUT2D eigenvalue weighted by molar-refractivity contribution is -0.0384. The van der Waals surface area contributed by atoms with Crippen LogP contribution in [0, 0.1) is 0 Å². The Hall–Kier alpha value is -1.51. The van der Waals surface area contributed by atoms with Crippen molar-refractivity contribution in [2.75, 3.05) is 0 Å². The van der Waals surface area contributed by atoms with Crippen molar-refractivity contribution in [2.45, 2.75) is 29.7 Å². The zero-order valence-electron chi connectivity index (χ0n) is 12.9. The second-order valence-corrected chi connectivity index (χ2v) is 8.21. The average Bonchev–Trinajstić information content (AvgIpc) is 2.96. The monoisotopic (exact) mass is 404 g/mol. The molecule has 0 spiro atoms. The summed E-state index contributed by atoms with van der Waals surface area (Å²) in [6.45, 7) is 1.95. The predicted octanol–water partition coefficient (Wildman–Crippen LogP) is 5.32. The molecular formula is C16H12ClF3N2OS2. The van der Waals surface area contributed by atoms with Gasteiger partial charge < -0.3 is 0 Å². The SMILES string of the molecule is CC(Cc1ncnc2scc(Cl)c12)c1ccc(S(=O)C(F)(F)F)cc1. The Balaban J connectivity index is 1.83. The second-order valence-electron chi connectivity index (χ2n) is 5.47. The van der Waals surface area contributed by atoms with Crippen LogP contribution in [0.5, 0.6) is 0 Å². The van der Waals surface area contributed by atoms with Gasteiger partial charge in [0.05, 0.1) is 16.1 Å². The molecule has 3 nitrogen and oxygen atoms in total. The van der Waals surface area contributed by atoms with Crippen molar-refractivity contribution in [3.63, 3.8) is 0 Å². The van der Waals surface area contributed by atoms with Crippen LogP contribution >= 0.6 is 22.9 Å². The van der Waals surface area contributed by atoms with Gasteiger partial charge in [0, 0.05) is 10.3 Å². The first-order valence-electron chi connectivity index (χ1n) is 7.22. The van der Waals surface area contributed by atoms with E-state index in [0.717, 1.165) is 21.5 Å². The quantitative estimate of drug-likeness (QED) is 0.591. The summed E-state index contributed by atoms with van der Waals surface area (Å²) >= 11 is 7.63. The lowest BCUT2D eigenvalue weighted by Gasteiger charge is -2.13. The maximum Gasteiger partial charge on any atom is 0.475 e. The summed E-state index contributed by atoms with van der Waals surface area (Å²) in [5, 5.41) is 3.21. The summed E-state index contributed by atoms with van der Waals surface area (Å²) in [5.41, 5.74) is -3.12. The highest BCUT2D eigenvalue weighted by atomic mass is 35.5. The Morgan fingerprint density at radius 1 is 1.24 bits per heavy atom. The molecule has 0 saturated carbocycles. The van der Waals surface area contributed by atoms with Crippen molar-refractivity contribution < 1.29 is 17.4 Å². The zero-order valence-corrected chi connectivity index (χ0v) is 15.3. The van der Waals surface area contributed by atoms with E-state index in [2.05, 4.69) is 9.97 Å². The van der Waals surface area contributed by atoms with Crippen LogP contribution in [0.25, 0.3) is 10.2 Å². The Labute approximate surface area is 153 Å². The van der Waals surface area contributed by atoms with Crippen LogP contribution in [0.3, 0.4) is 0 Å². The maximum absolute atomic E-state index is 12.5. The minimum absolute atomic E-state index is 0.00226. The average molecular weight is 405 g/mol. The normalized spacial score (nSPS) is 14.6. The van der Waals surface area contributed by atoms with Gasteiger partial charge in [-0.2, -0.15) is 13.2 Å². The third-order valence-electron chi connectivity index (χ3n) is 3.78. The van der Waals surface area contributed by atoms with Crippen LogP contribution < -0.4 is 0 Å². The van der Waals surface area contributed by atoms with Crippen molar-refractivity contribution in [3.05, 3.63) is 52.3 Å². The van der Waals surface area contributed by atoms with Gasteiger partial charge in [0.25, 0.3) is 0 Å². The van der Waals surface area contributed by atoms with E-state index in [0.29, 0.717) is 11.4 Å². The fourth-order valence-corrected chi connectivity index (χ4v) is 4.34. The molecule has 9 heteroatoms. The maximum atomic E-state index is 12.5. The first-order valence-corrected chi connectivity index (χ1v) is 9.63. The van der Waals surface area contributed by atoms with E-state index in [4.69, 9.17) is 11.6 Å². The molecular weight excluding hydrogens is 393 g/mol. The number of fused-ring (bicyclic) bond motifs is 1. The molecule has 3 aromatic rings. The summed E-state index contributed by atoms with van der Waals surface area (Å²) in [7, 11) is -3.01. The number of halogens is 4. The Morgan fingerprint density at radius 2 is 1.92 bits per heavy atom. The van der Waals surface area contributed by atoms with E-state index in [9.17, 15) is 17.4 Å². The molecule has 1 aromatic carbocycles. The molecule has 3 rings (SSSR count). The molecule has 0 amide bonds. The molecule has 0 bridgehead atoms. The molecule has 0 fully saturated rings. The molecule has 0 N–H and O–H groups in total. The van der Waals surface area contributed by atoms with Crippen molar-refractivity contribution in [3.8, 4) is 0 Å². The summed E-state index contributed by atoms with van der Waals surface area (Å²) in [4.78, 5) is 9.02. The summed E-state index contributed by atoms with van der Waals surface area (Å²) in [5.74, 6) is 0.00226. The molecule has 0 aliphatic carbocycles. The molecule has 132 valence electrons. The van der Waals surface area contributed by atoms with Crippen molar-refractivity contribution in [1.82, 2.24) is 9.97 Å². The molecule has 0 radical (unpaired) electrons. The number of alkyl halides is 3. The van der Waals surface area contributed by atoms with Gasteiger partial charge in [-0.1, -0.05) is 30.7 Å². The van der Waals surface area contributed by atoms with Crippen LogP contribution in [0.4, 0.5) is 13.2 Å². The van der Waals surface area contributed by atoms with Crippen LogP contribution in [0.2, 0.25) is 5.02 Å². The first kappa shape index (κ1) is 18.3. The van der Waals surface area contributed by atoms with Gasteiger partial charge >= 0.3 is 5.51 Å². The molecule has 25 heavy (non-hydrogen) atoms. The molecule has 2 heterocycles. The number of aromatic nitrogens is 2.